The largest absolute Gasteiger partial charge is 0.486 e. The van der Waals surface area contributed by atoms with Gasteiger partial charge in [0.05, 0.1) is 21.5 Å². The number of nitrogens with one attached hydrogen (secondary N) is 2. The Bertz CT molecular complexity index is 963. The highest BCUT2D eigenvalue weighted by molar-refractivity contribution is 7.92. The van der Waals surface area contributed by atoms with Crippen LogP contribution in [-0.2, 0) is 21.4 Å². The van der Waals surface area contributed by atoms with E-state index in [4.69, 9.17) is 33.0 Å². The second kappa shape index (κ2) is 9.31. The first kappa shape index (κ1) is 22.1. The van der Waals surface area contributed by atoms with Gasteiger partial charge in [0.15, 0.2) is 5.75 Å². The third kappa shape index (κ3) is 6.43. The summed E-state index contributed by atoms with van der Waals surface area (Å²) in [5.41, 5.74) is 0.826. The van der Waals surface area contributed by atoms with E-state index in [0.717, 1.165) is 6.07 Å². The van der Waals surface area contributed by atoms with Gasteiger partial charge in [0.1, 0.15) is 19.0 Å². The molecule has 0 heterocycles. The summed E-state index contributed by atoms with van der Waals surface area (Å²) in [5, 5.41) is 11.6. The van der Waals surface area contributed by atoms with Crippen LogP contribution in [0.15, 0.2) is 30.3 Å². The fraction of sp³-hybridized carbons (Fsp3) is 0.235. The number of sulfonamides is 1. The number of rotatable bonds is 9. The SMILES string of the molecule is CCS(=O)(=O)Nc1cc(F)cc(COc2c(Cl)cc(NCC(=O)O)cc2Cl)c1. The van der Waals surface area contributed by atoms with Gasteiger partial charge in [0, 0.05) is 5.69 Å². The highest BCUT2D eigenvalue weighted by Crippen LogP contribution is 2.36. The molecule has 2 rings (SSSR count). The number of halogens is 3. The first-order valence-corrected chi connectivity index (χ1v) is 10.4. The molecule has 28 heavy (non-hydrogen) atoms. The molecule has 7 nitrogen and oxygen atoms in total. The Kier molecular flexibility index (Phi) is 7.34. The summed E-state index contributed by atoms with van der Waals surface area (Å²) in [4.78, 5) is 10.6. The van der Waals surface area contributed by atoms with E-state index in [1.165, 1.54) is 31.2 Å². The molecule has 0 unspecified atom stereocenters. The van der Waals surface area contributed by atoms with E-state index in [1.807, 2.05) is 0 Å². The number of carboxylic acids is 1. The smallest absolute Gasteiger partial charge is 0.322 e. The average Bonchev–Trinajstić information content (AvgIpc) is 2.58. The summed E-state index contributed by atoms with van der Waals surface area (Å²) in [6.45, 7) is 1.02. The van der Waals surface area contributed by atoms with Crippen LogP contribution in [0, 0.1) is 5.82 Å². The Balaban J connectivity index is 2.15. The van der Waals surface area contributed by atoms with Crippen LogP contribution in [0.25, 0.3) is 0 Å². The maximum absolute atomic E-state index is 13.8. The fourth-order valence-electron chi connectivity index (χ4n) is 2.18. The summed E-state index contributed by atoms with van der Waals surface area (Å²) >= 11 is 12.2. The normalized spacial score (nSPS) is 11.1. The Labute approximate surface area is 171 Å². The van der Waals surface area contributed by atoms with Crippen LogP contribution in [0.5, 0.6) is 5.75 Å². The van der Waals surface area contributed by atoms with Gasteiger partial charge in [-0.1, -0.05) is 23.2 Å². The third-order valence-corrected chi connectivity index (χ3v) is 5.30. The van der Waals surface area contributed by atoms with E-state index >= 15 is 0 Å². The van der Waals surface area contributed by atoms with Crippen molar-refractivity contribution < 1.29 is 27.4 Å². The van der Waals surface area contributed by atoms with Gasteiger partial charge in [-0.15, -0.1) is 0 Å². The molecule has 152 valence electrons. The lowest BCUT2D eigenvalue weighted by atomic mass is 10.2. The number of aliphatic carboxylic acids is 1. The van der Waals surface area contributed by atoms with Gasteiger partial charge in [-0.3, -0.25) is 9.52 Å². The molecule has 0 radical (unpaired) electrons. The molecule has 0 spiro atoms. The van der Waals surface area contributed by atoms with Crippen molar-refractivity contribution in [3.63, 3.8) is 0 Å². The summed E-state index contributed by atoms with van der Waals surface area (Å²) in [6.07, 6.45) is 0. The molecular formula is C17H17Cl2FN2O5S. The lowest BCUT2D eigenvalue weighted by Crippen LogP contribution is -2.15. The second-order valence-electron chi connectivity index (χ2n) is 5.66. The van der Waals surface area contributed by atoms with Gasteiger partial charge in [-0.2, -0.15) is 0 Å². The van der Waals surface area contributed by atoms with Crippen LogP contribution in [0.2, 0.25) is 10.0 Å². The molecule has 3 N–H and O–H groups in total. The average molecular weight is 451 g/mol. The Morgan fingerprint density at radius 2 is 1.79 bits per heavy atom. The van der Waals surface area contributed by atoms with E-state index in [9.17, 15) is 17.6 Å². The Hall–Kier alpha value is -2.23. The molecule has 0 amide bonds. The van der Waals surface area contributed by atoms with Crippen molar-refractivity contribution in [1.82, 2.24) is 0 Å². The predicted octanol–water partition coefficient (Wildman–Crippen LogP) is 3.97. The van der Waals surface area contributed by atoms with Crippen LogP contribution in [0.3, 0.4) is 0 Å². The Morgan fingerprint density at radius 3 is 2.36 bits per heavy atom. The summed E-state index contributed by atoms with van der Waals surface area (Å²) in [7, 11) is -3.55. The number of ether oxygens (including phenoxy) is 1. The number of benzene rings is 2. The molecule has 0 bridgehead atoms. The molecule has 0 aliphatic carbocycles. The van der Waals surface area contributed by atoms with Crippen LogP contribution in [0.4, 0.5) is 15.8 Å². The first-order chi connectivity index (χ1) is 13.1. The van der Waals surface area contributed by atoms with Crippen LogP contribution >= 0.6 is 23.2 Å². The first-order valence-electron chi connectivity index (χ1n) is 7.97. The maximum atomic E-state index is 13.8. The van der Waals surface area contributed by atoms with Gasteiger partial charge in [0.25, 0.3) is 0 Å². The number of hydrogen-bond donors (Lipinski definition) is 3. The lowest BCUT2D eigenvalue weighted by Gasteiger charge is -2.13. The standard InChI is InChI=1S/C17H17Cl2FN2O5S/c1-2-28(25,26)22-13-4-10(3-11(20)5-13)9-27-17-14(18)6-12(7-15(17)19)21-8-16(23)24/h3-7,21-22H,2,8-9H2,1H3,(H,23,24). The third-order valence-electron chi connectivity index (χ3n) is 3.44. The predicted molar refractivity (Wildman–Crippen MR) is 106 cm³/mol. The highest BCUT2D eigenvalue weighted by atomic mass is 35.5. The molecule has 0 aliphatic heterocycles. The molecule has 0 fully saturated rings. The summed E-state index contributed by atoms with van der Waals surface area (Å²) < 4.78 is 44.9. The molecule has 0 aliphatic rings. The molecule has 11 heteroatoms. The minimum atomic E-state index is -3.55. The van der Waals surface area contributed by atoms with Crippen molar-refractivity contribution in [1.29, 1.82) is 0 Å². The lowest BCUT2D eigenvalue weighted by molar-refractivity contribution is -0.134. The molecule has 2 aromatic carbocycles. The van der Waals surface area contributed by atoms with Gasteiger partial charge >= 0.3 is 5.97 Å². The minimum absolute atomic E-state index is 0.0749. The van der Waals surface area contributed by atoms with E-state index in [2.05, 4.69) is 10.0 Å². The van der Waals surface area contributed by atoms with Crippen LogP contribution in [0.1, 0.15) is 12.5 Å². The van der Waals surface area contributed by atoms with Crippen LogP contribution < -0.4 is 14.8 Å². The molecule has 0 saturated heterocycles. The van der Waals surface area contributed by atoms with Crippen molar-refractivity contribution in [3.8, 4) is 5.75 Å². The van der Waals surface area contributed by atoms with Gasteiger partial charge in [-0.05, 0) is 42.8 Å². The van der Waals surface area contributed by atoms with Crippen molar-refractivity contribution in [2.75, 3.05) is 22.3 Å². The van der Waals surface area contributed by atoms with Crippen molar-refractivity contribution in [2.24, 2.45) is 0 Å². The molecular weight excluding hydrogens is 434 g/mol. The number of hydrogen-bond acceptors (Lipinski definition) is 5. The van der Waals surface area contributed by atoms with Crippen LogP contribution in [-0.4, -0.2) is 31.8 Å². The zero-order valence-electron chi connectivity index (χ0n) is 14.6. The maximum Gasteiger partial charge on any atom is 0.322 e. The zero-order chi connectivity index (χ0) is 20.9. The summed E-state index contributed by atoms with van der Waals surface area (Å²) in [5.74, 6) is -1.71. The van der Waals surface area contributed by atoms with E-state index in [0.29, 0.717) is 11.3 Å². The quantitative estimate of drug-likeness (QED) is 0.533. The van der Waals surface area contributed by atoms with E-state index in [-0.39, 0.29) is 40.4 Å². The molecule has 0 atom stereocenters. The van der Waals surface area contributed by atoms with Gasteiger partial charge in [0.2, 0.25) is 10.0 Å². The zero-order valence-corrected chi connectivity index (χ0v) is 17.0. The number of carboxylic acid groups (broad SMARTS) is 1. The fourth-order valence-corrected chi connectivity index (χ4v) is 3.39. The Morgan fingerprint density at radius 1 is 1.14 bits per heavy atom. The molecule has 0 aromatic heterocycles. The van der Waals surface area contributed by atoms with Crippen molar-refractivity contribution in [2.45, 2.75) is 13.5 Å². The second-order valence-corrected chi connectivity index (χ2v) is 8.48. The topological polar surface area (TPSA) is 105 Å². The van der Waals surface area contributed by atoms with E-state index in [1.54, 1.807) is 0 Å². The highest BCUT2D eigenvalue weighted by Gasteiger charge is 2.13. The minimum Gasteiger partial charge on any atom is -0.486 e. The monoisotopic (exact) mass is 450 g/mol. The number of anilines is 2. The van der Waals surface area contributed by atoms with Crippen molar-refractivity contribution >= 4 is 50.6 Å². The number of carbonyl (C=O) groups is 1. The summed E-state index contributed by atoms with van der Waals surface area (Å²) in [6, 6.07) is 6.56. The van der Waals surface area contributed by atoms with Crippen molar-refractivity contribution in [3.05, 3.63) is 51.8 Å². The van der Waals surface area contributed by atoms with Gasteiger partial charge in [-0.25, -0.2) is 12.8 Å². The molecule has 0 saturated carbocycles. The molecule has 2 aromatic rings. The van der Waals surface area contributed by atoms with E-state index < -0.39 is 21.8 Å². The van der Waals surface area contributed by atoms with Gasteiger partial charge < -0.3 is 15.2 Å².